The van der Waals surface area contributed by atoms with Gasteiger partial charge in [-0.05, 0) is 25.8 Å². The molecule has 0 aromatic carbocycles. The third-order valence-corrected chi connectivity index (χ3v) is 3.18. The molecular formula is C10H15F3N2O. The molecule has 0 aromatic rings. The number of alkyl halides is 3. The van der Waals surface area contributed by atoms with Crippen molar-refractivity contribution in [1.29, 1.82) is 0 Å². The smallest absolute Gasteiger partial charge is 0.351 e. The molecule has 0 spiro atoms. The Bertz CT molecular complexity index is 276. The second-order valence-electron chi connectivity index (χ2n) is 4.53. The van der Waals surface area contributed by atoms with Crippen molar-refractivity contribution in [2.45, 2.75) is 31.5 Å². The van der Waals surface area contributed by atoms with Gasteiger partial charge in [0.2, 0.25) is 5.91 Å². The van der Waals surface area contributed by atoms with Gasteiger partial charge in [-0.3, -0.25) is 4.79 Å². The van der Waals surface area contributed by atoms with Crippen LogP contribution in [0.2, 0.25) is 0 Å². The van der Waals surface area contributed by atoms with Crippen LogP contribution >= 0.6 is 0 Å². The minimum atomic E-state index is -4.22. The molecule has 0 radical (unpaired) electrons. The first-order valence-electron chi connectivity index (χ1n) is 5.56. The van der Waals surface area contributed by atoms with E-state index in [4.69, 9.17) is 0 Å². The van der Waals surface area contributed by atoms with Crippen LogP contribution in [0.15, 0.2) is 0 Å². The Kier molecular flexibility index (Phi) is 3.10. The number of carbonyl (C=O) groups excluding carboxylic acids is 1. The number of halogens is 3. The summed E-state index contributed by atoms with van der Waals surface area (Å²) in [5, 5.41) is 5.40. The van der Waals surface area contributed by atoms with Crippen molar-refractivity contribution in [2.24, 2.45) is 11.8 Å². The Morgan fingerprint density at radius 1 is 1.25 bits per heavy atom. The Labute approximate surface area is 91.8 Å². The number of hydrogen-bond acceptors (Lipinski definition) is 2. The van der Waals surface area contributed by atoms with Gasteiger partial charge in [-0.25, -0.2) is 0 Å². The van der Waals surface area contributed by atoms with E-state index in [2.05, 4.69) is 10.6 Å². The maximum Gasteiger partial charge on any atom is 0.393 e. The van der Waals surface area contributed by atoms with Crippen molar-refractivity contribution >= 4 is 5.91 Å². The minimum Gasteiger partial charge on any atom is -0.351 e. The van der Waals surface area contributed by atoms with Crippen LogP contribution in [0.3, 0.4) is 0 Å². The predicted molar refractivity (Wildman–Crippen MR) is 51.7 cm³/mol. The quantitative estimate of drug-likeness (QED) is 0.752. The van der Waals surface area contributed by atoms with Crippen molar-refractivity contribution in [2.75, 3.05) is 13.1 Å². The third kappa shape index (κ3) is 2.66. The Morgan fingerprint density at radius 3 is 2.50 bits per heavy atom. The standard InChI is InChI=1S/C10H15F3N2O/c11-10(12,13)7-3-4-14-5-8(7)15-9(16)6-1-2-6/h6-8,14H,1-5H2,(H,15,16). The summed E-state index contributed by atoms with van der Waals surface area (Å²) in [7, 11) is 0. The van der Waals surface area contributed by atoms with E-state index in [-0.39, 0.29) is 24.8 Å². The molecule has 1 aliphatic carbocycles. The highest BCUT2D eigenvalue weighted by Crippen LogP contribution is 2.34. The zero-order valence-electron chi connectivity index (χ0n) is 8.81. The molecule has 3 nitrogen and oxygen atoms in total. The van der Waals surface area contributed by atoms with E-state index < -0.39 is 18.1 Å². The van der Waals surface area contributed by atoms with E-state index >= 15 is 0 Å². The van der Waals surface area contributed by atoms with E-state index in [9.17, 15) is 18.0 Å². The second kappa shape index (κ2) is 4.24. The second-order valence-corrected chi connectivity index (χ2v) is 4.53. The summed E-state index contributed by atoms with van der Waals surface area (Å²) in [6, 6.07) is -0.804. The molecule has 2 aliphatic rings. The van der Waals surface area contributed by atoms with Gasteiger partial charge in [-0.1, -0.05) is 0 Å². The average Bonchev–Trinajstić information content (AvgIpc) is 2.99. The van der Waals surface area contributed by atoms with Crippen LogP contribution in [-0.2, 0) is 4.79 Å². The van der Waals surface area contributed by atoms with Crippen LogP contribution in [0.4, 0.5) is 13.2 Å². The zero-order chi connectivity index (χ0) is 11.8. The summed E-state index contributed by atoms with van der Waals surface area (Å²) in [6.07, 6.45) is -2.56. The molecule has 0 aromatic heterocycles. The summed E-state index contributed by atoms with van der Waals surface area (Å²) in [6.45, 7) is 0.572. The van der Waals surface area contributed by atoms with Gasteiger partial charge in [-0.15, -0.1) is 0 Å². The minimum absolute atomic E-state index is 0.0408. The summed E-state index contributed by atoms with van der Waals surface area (Å²) in [5.41, 5.74) is 0. The highest BCUT2D eigenvalue weighted by molar-refractivity contribution is 5.81. The number of piperidine rings is 1. The van der Waals surface area contributed by atoms with E-state index in [1.54, 1.807) is 0 Å². The number of hydrogen-bond donors (Lipinski definition) is 2. The third-order valence-electron chi connectivity index (χ3n) is 3.18. The number of amides is 1. The first kappa shape index (κ1) is 11.7. The zero-order valence-corrected chi connectivity index (χ0v) is 8.81. The predicted octanol–water partition coefficient (Wildman–Crippen LogP) is 1.05. The number of rotatable bonds is 2. The summed E-state index contributed by atoms with van der Waals surface area (Å²) in [5.74, 6) is -1.67. The van der Waals surface area contributed by atoms with E-state index in [1.807, 2.05) is 0 Å². The fourth-order valence-corrected chi connectivity index (χ4v) is 2.05. The first-order chi connectivity index (χ1) is 7.48. The molecule has 92 valence electrons. The molecule has 1 amide bonds. The lowest BCUT2D eigenvalue weighted by molar-refractivity contribution is -0.187. The number of nitrogens with one attached hydrogen (secondary N) is 2. The molecule has 2 rings (SSSR count). The van der Waals surface area contributed by atoms with E-state index in [0.717, 1.165) is 12.8 Å². The van der Waals surface area contributed by atoms with Crippen LogP contribution in [0, 0.1) is 11.8 Å². The van der Waals surface area contributed by atoms with Gasteiger partial charge >= 0.3 is 6.18 Å². The normalized spacial score (nSPS) is 31.2. The fraction of sp³-hybridized carbons (Fsp3) is 0.900. The van der Waals surface area contributed by atoms with Crippen molar-refractivity contribution in [3.63, 3.8) is 0 Å². The summed E-state index contributed by atoms with van der Waals surface area (Å²) in [4.78, 5) is 11.4. The molecule has 0 bridgehead atoms. The highest BCUT2D eigenvalue weighted by Gasteiger charge is 2.46. The Morgan fingerprint density at radius 2 is 1.94 bits per heavy atom. The molecule has 2 N–H and O–H groups in total. The van der Waals surface area contributed by atoms with Crippen LogP contribution < -0.4 is 10.6 Å². The molecule has 6 heteroatoms. The van der Waals surface area contributed by atoms with Crippen LogP contribution in [0.1, 0.15) is 19.3 Å². The molecular weight excluding hydrogens is 221 g/mol. The molecule has 1 heterocycles. The van der Waals surface area contributed by atoms with Gasteiger partial charge < -0.3 is 10.6 Å². The van der Waals surface area contributed by atoms with Gasteiger partial charge in [0, 0.05) is 12.5 Å². The topological polar surface area (TPSA) is 41.1 Å². The fourth-order valence-electron chi connectivity index (χ4n) is 2.05. The molecule has 2 unspecified atom stereocenters. The van der Waals surface area contributed by atoms with Gasteiger partial charge in [0.15, 0.2) is 0 Å². The van der Waals surface area contributed by atoms with Gasteiger partial charge in [-0.2, -0.15) is 13.2 Å². The SMILES string of the molecule is O=C(NC1CNCCC1C(F)(F)F)C1CC1. The monoisotopic (exact) mass is 236 g/mol. The van der Waals surface area contributed by atoms with Crippen LogP contribution in [0.5, 0.6) is 0 Å². The Hall–Kier alpha value is -0.780. The van der Waals surface area contributed by atoms with E-state index in [1.165, 1.54) is 0 Å². The molecule has 1 aliphatic heterocycles. The lowest BCUT2D eigenvalue weighted by atomic mass is 9.92. The van der Waals surface area contributed by atoms with Crippen molar-refractivity contribution in [1.82, 2.24) is 10.6 Å². The maximum atomic E-state index is 12.7. The summed E-state index contributed by atoms with van der Waals surface area (Å²) >= 11 is 0. The van der Waals surface area contributed by atoms with Gasteiger partial charge in [0.25, 0.3) is 0 Å². The Balaban J connectivity index is 1.95. The largest absolute Gasteiger partial charge is 0.393 e. The highest BCUT2D eigenvalue weighted by atomic mass is 19.4. The maximum absolute atomic E-state index is 12.7. The first-order valence-corrected chi connectivity index (χ1v) is 5.56. The van der Waals surface area contributed by atoms with Gasteiger partial charge in [0.05, 0.1) is 12.0 Å². The summed E-state index contributed by atoms with van der Waals surface area (Å²) < 4.78 is 38.0. The lowest BCUT2D eigenvalue weighted by Crippen LogP contribution is -2.55. The van der Waals surface area contributed by atoms with Crippen LogP contribution in [0.25, 0.3) is 0 Å². The van der Waals surface area contributed by atoms with Crippen molar-refractivity contribution in [3.8, 4) is 0 Å². The molecule has 2 fully saturated rings. The molecule has 16 heavy (non-hydrogen) atoms. The van der Waals surface area contributed by atoms with Gasteiger partial charge in [0.1, 0.15) is 0 Å². The van der Waals surface area contributed by atoms with E-state index in [0.29, 0.717) is 6.54 Å². The molecule has 1 saturated heterocycles. The molecule has 2 atom stereocenters. The lowest BCUT2D eigenvalue weighted by Gasteiger charge is -2.34. The number of carbonyl (C=O) groups is 1. The van der Waals surface area contributed by atoms with Crippen molar-refractivity contribution in [3.05, 3.63) is 0 Å². The molecule has 1 saturated carbocycles. The average molecular weight is 236 g/mol. The van der Waals surface area contributed by atoms with Crippen molar-refractivity contribution < 1.29 is 18.0 Å². The van der Waals surface area contributed by atoms with Crippen LogP contribution in [-0.4, -0.2) is 31.2 Å².